The van der Waals surface area contributed by atoms with Crippen LogP contribution in [0.5, 0.6) is 5.75 Å². The predicted octanol–water partition coefficient (Wildman–Crippen LogP) is 2.55. The molecule has 1 rings (SSSR count). The van der Waals surface area contributed by atoms with E-state index in [-0.39, 0.29) is 0 Å². The van der Waals surface area contributed by atoms with Crippen molar-refractivity contribution in [1.29, 1.82) is 0 Å². The molecule has 0 aromatic heterocycles. The second-order valence-electron chi connectivity index (χ2n) is 5.00. The molecule has 0 amide bonds. The molecule has 0 aliphatic heterocycles. The van der Waals surface area contributed by atoms with Crippen molar-refractivity contribution in [3.8, 4) is 5.75 Å². The Morgan fingerprint density at radius 2 is 2.27 bits per heavy atom. The van der Waals surface area contributed by atoms with Gasteiger partial charge in [0.2, 0.25) is 0 Å². The number of nitro groups is 1. The van der Waals surface area contributed by atoms with Gasteiger partial charge < -0.3 is 15.0 Å². The van der Waals surface area contributed by atoms with Crippen LogP contribution in [0.4, 0.5) is 0 Å². The van der Waals surface area contributed by atoms with Crippen molar-refractivity contribution in [2.45, 2.75) is 13.0 Å². The largest absolute Gasteiger partial charge is 0.494 e. The number of nitrogens with zero attached hydrogens (tertiary/aromatic N) is 2. The van der Waals surface area contributed by atoms with Crippen molar-refractivity contribution in [3.63, 3.8) is 0 Å². The van der Waals surface area contributed by atoms with Gasteiger partial charge in [0, 0.05) is 13.1 Å². The first-order valence-corrected chi connectivity index (χ1v) is 8.23. The van der Waals surface area contributed by atoms with Crippen LogP contribution in [0.1, 0.15) is 12.0 Å². The summed E-state index contributed by atoms with van der Waals surface area (Å²) in [4.78, 5) is 12.1. The highest BCUT2D eigenvalue weighted by Gasteiger charge is 2.01. The summed E-state index contributed by atoms with van der Waals surface area (Å²) in [7, 11) is 4.06. The van der Waals surface area contributed by atoms with E-state index < -0.39 is 4.92 Å². The molecular formula is C15H23N3O3S. The molecule has 0 saturated heterocycles. The van der Waals surface area contributed by atoms with E-state index in [4.69, 9.17) is 4.74 Å². The van der Waals surface area contributed by atoms with Crippen molar-refractivity contribution in [1.82, 2.24) is 10.2 Å². The SMILES string of the molecule is CSC(=C[N+](=O)[O-])NCCCOc1cccc(CN(C)C)c1. The fourth-order valence-electron chi connectivity index (χ4n) is 1.84. The molecule has 0 radical (unpaired) electrons. The maximum Gasteiger partial charge on any atom is 0.263 e. The van der Waals surface area contributed by atoms with Crippen molar-refractivity contribution >= 4 is 11.8 Å². The molecule has 0 spiro atoms. The van der Waals surface area contributed by atoms with Crippen LogP contribution in [0, 0.1) is 10.1 Å². The number of rotatable bonds is 10. The molecule has 122 valence electrons. The van der Waals surface area contributed by atoms with E-state index in [0.29, 0.717) is 18.2 Å². The monoisotopic (exact) mass is 325 g/mol. The van der Waals surface area contributed by atoms with Crippen molar-refractivity contribution in [3.05, 3.63) is 51.2 Å². The number of hydrogen-bond donors (Lipinski definition) is 1. The van der Waals surface area contributed by atoms with Crippen molar-refractivity contribution in [2.24, 2.45) is 0 Å². The van der Waals surface area contributed by atoms with Crippen molar-refractivity contribution < 1.29 is 9.66 Å². The van der Waals surface area contributed by atoms with Crippen LogP contribution in [0.15, 0.2) is 35.5 Å². The highest BCUT2D eigenvalue weighted by molar-refractivity contribution is 8.02. The molecule has 1 aromatic carbocycles. The number of hydrogen-bond acceptors (Lipinski definition) is 6. The normalized spacial score (nSPS) is 11.5. The first-order chi connectivity index (χ1) is 10.5. The molecule has 0 bridgehead atoms. The second-order valence-corrected chi connectivity index (χ2v) is 5.84. The topological polar surface area (TPSA) is 67.6 Å². The van der Waals surface area contributed by atoms with Gasteiger partial charge in [-0.3, -0.25) is 10.1 Å². The quantitative estimate of drug-likeness (QED) is 0.405. The van der Waals surface area contributed by atoms with Gasteiger partial charge >= 0.3 is 0 Å². The van der Waals surface area contributed by atoms with Crippen LogP contribution in [0.3, 0.4) is 0 Å². The minimum Gasteiger partial charge on any atom is -0.494 e. The first kappa shape index (κ1) is 18.3. The third kappa shape index (κ3) is 7.90. The standard InChI is InChI=1S/C15H23N3O3S/c1-17(2)11-13-6-4-7-14(10-13)21-9-5-8-16-15(22-3)12-18(19)20/h4,6-7,10,12,16H,5,8-9,11H2,1-3H3. The summed E-state index contributed by atoms with van der Waals surface area (Å²) in [6, 6.07) is 8.03. The highest BCUT2D eigenvalue weighted by atomic mass is 32.2. The molecule has 22 heavy (non-hydrogen) atoms. The van der Waals surface area contributed by atoms with E-state index in [1.165, 1.54) is 17.3 Å². The Kier molecular flexibility index (Phi) is 8.39. The van der Waals surface area contributed by atoms with E-state index in [1.807, 2.05) is 32.3 Å². The van der Waals surface area contributed by atoms with Crippen LogP contribution in [0.25, 0.3) is 0 Å². The van der Waals surface area contributed by atoms with E-state index in [1.54, 1.807) is 6.26 Å². The molecule has 1 N–H and O–H groups in total. The van der Waals surface area contributed by atoms with Gasteiger partial charge in [0.1, 0.15) is 10.8 Å². The summed E-state index contributed by atoms with van der Waals surface area (Å²) in [6.07, 6.45) is 3.55. The summed E-state index contributed by atoms with van der Waals surface area (Å²) in [5, 5.41) is 14.0. The Labute approximate surface area is 135 Å². The van der Waals surface area contributed by atoms with Crippen LogP contribution in [-0.2, 0) is 6.54 Å². The zero-order valence-corrected chi connectivity index (χ0v) is 14.1. The Balaban J connectivity index is 2.31. The molecule has 0 aliphatic rings. The third-order valence-corrected chi connectivity index (χ3v) is 3.42. The average molecular weight is 325 g/mol. The number of thioether (sulfide) groups is 1. The number of ether oxygens (including phenoxy) is 1. The molecule has 6 nitrogen and oxygen atoms in total. The molecule has 7 heteroatoms. The zero-order chi connectivity index (χ0) is 16.4. The van der Waals surface area contributed by atoms with E-state index in [2.05, 4.69) is 16.3 Å². The van der Waals surface area contributed by atoms with E-state index >= 15 is 0 Å². The summed E-state index contributed by atoms with van der Waals surface area (Å²) >= 11 is 1.32. The van der Waals surface area contributed by atoms with E-state index in [0.717, 1.165) is 24.9 Å². The predicted molar refractivity (Wildman–Crippen MR) is 90.5 cm³/mol. The Morgan fingerprint density at radius 3 is 2.91 bits per heavy atom. The van der Waals surface area contributed by atoms with Gasteiger partial charge in [-0.2, -0.15) is 0 Å². The molecule has 0 heterocycles. The summed E-state index contributed by atoms with van der Waals surface area (Å²) in [5.74, 6) is 0.852. The summed E-state index contributed by atoms with van der Waals surface area (Å²) in [5.41, 5.74) is 1.21. The average Bonchev–Trinajstić information content (AvgIpc) is 2.45. The van der Waals surface area contributed by atoms with Crippen molar-refractivity contribution in [2.75, 3.05) is 33.5 Å². The molecule has 0 atom stereocenters. The lowest BCUT2D eigenvalue weighted by Crippen LogP contribution is -2.16. The molecule has 1 aromatic rings. The Morgan fingerprint density at radius 1 is 1.50 bits per heavy atom. The summed E-state index contributed by atoms with van der Waals surface area (Å²) in [6.45, 7) is 2.08. The highest BCUT2D eigenvalue weighted by Crippen LogP contribution is 2.14. The second kappa shape index (κ2) is 10.1. The maximum atomic E-state index is 10.4. The van der Waals surface area contributed by atoms with Gasteiger partial charge in [0.25, 0.3) is 6.20 Å². The van der Waals surface area contributed by atoms with Gasteiger partial charge in [-0.1, -0.05) is 12.1 Å². The van der Waals surface area contributed by atoms with Crippen LogP contribution >= 0.6 is 11.8 Å². The molecule has 0 unspecified atom stereocenters. The van der Waals surface area contributed by atoms with Gasteiger partial charge in [-0.15, -0.1) is 11.8 Å². The molecular weight excluding hydrogens is 302 g/mol. The van der Waals surface area contributed by atoms with E-state index in [9.17, 15) is 10.1 Å². The van der Waals surface area contributed by atoms with Crippen LogP contribution in [0.2, 0.25) is 0 Å². The van der Waals surface area contributed by atoms with Crippen LogP contribution < -0.4 is 10.1 Å². The molecule has 0 saturated carbocycles. The minimum absolute atomic E-state index is 0.453. The Hall–Kier alpha value is -1.73. The van der Waals surface area contributed by atoms with Gasteiger partial charge in [0.05, 0.1) is 11.5 Å². The van der Waals surface area contributed by atoms with Crippen LogP contribution in [-0.4, -0.2) is 43.3 Å². The lowest BCUT2D eigenvalue weighted by Gasteiger charge is -2.12. The molecule has 0 aliphatic carbocycles. The molecule has 0 fully saturated rings. The minimum atomic E-state index is -0.453. The van der Waals surface area contributed by atoms with Gasteiger partial charge in [0.15, 0.2) is 0 Å². The third-order valence-electron chi connectivity index (χ3n) is 2.73. The maximum absolute atomic E-state index is 10.4. The first-order valence-electron chi connectivity index (χ1n) is 7.01. The lowest BCUT2D eigenvalue weighted by atomic mass is 10.2. The van der Waals surface area contributed by atoms with Gasteiger partial charge in [-0.25, -0.2) is 0 Å². The lowest BCUT2D eigenvalue weighted by molar-refractivity contribution is -0.403. The Bertz CT molecular complexity index is 507. The zero-order valence-electron chi connectivity index (χ0n) is 13.2. The fourth-order valence-corrected chi connectivity index (χ4v) is 2.28. The number of nitrogens with one attached hydrogen (secondary N) is 1. The smallest absolute Gasteiger partial charge is 0.263 e. The summed E-state index contributed by atoms with van der Waals surface area (Å²) < 4.78 is 5.71. The fraction of sp³-hybridized carbons (Fsp3) is 0.467. The number of benzene rings is 1. The van der Waals surface area contributed by atoms with Gasteiger partial charge in [-0.05, 0) is 44.5 Å².